The number of aromatic nitrogens is 1. The highest BCUT2D eigenvalue weighted by Gasteiger charge is 2.27. The second-order valence-electron chi connectivity index (χ2n) is 5.26. The molecule has 0 saturated carbocycles. The largest absolute Gasteiger partial charge is 0.502 e. The minimum absolute atomic E-state index is 0.0251. The predicted octanol–water partition coefficient (Wildman–Crippen LogP) is 2.59. The van der Waals surface area contributed by atoms with E-state index in [-0.39, 0.29) is 17.6 Å². The van der Waals surface area contributed by atoms with Gasteiger partial charge in [0.25, 0.3) is 0 Å². The summed E-state index contributed by atoms with van der Waals surface area (Å²) in [5, 5.41) is 10.6. The molecule has 0 amide bonds. The Morgan fingerprint density at radius 1 is 1.29 bits per heavy atom. The number of ether oxygens (including phenoxy) is 1. The van der Waals surface area contributed by atoms with E-state index in [0.29, 0.717) is 11.1 Å². The third-order valence-corrected chi connectivity index (χ3v) is 3.80. The number of aromatic hydroxyl groups is 1. The van der Waals surface area contributed by atoms with Crippen LogP contribution in [-0.4, -0.2) is 23.2 Å². The lowest BCUT2D eigenvalue weighted by Gasteiger charge is -2.16. The SMILES string of the molecule is COC(=O)CC(c1cccnc1)c1oc2ccccc2c(=O)c1O. The fourth-order valence-corrected chi connectivity index (χ4v) is 2.58. The highest BCUT2D eigenvalue weighted by molar-refractivity contribution is 5.78. The van der Waals surface area contributed by atoms with E-state index in [2.05, 4.69) is 4.98 Å². The summed E-state index contributed by atoms with van der Waals surface area (Å²) >= 11 is 0. The van der Waals surface area contributed by atoms with Crippen LogP contribution in [0.25, 0.3) is 11.0 Å². The molecular formula is C18H15NO5. The van der Waals surface area contributed by atoms with E-state index in [9.17, 15) is 14.7 Å². The first kappa shape index (κ1) is 15.7. The van der Waals surface area contributed by atoms with Crippen LogP contribution in [0.1, 0.15) is 23.7 Å². The molecule has 24 heavy (non-hydrogen) atoms. The Morgan fingerprint density at radius 3 is 2.79 bits per heavy atom. The highest BCUT2D eigenvalue weighted by atomic mass is 16.5. The molecular weight excluding hydrogens is 310 g/mol. The van der Waals surface area contributed by atoms with E-state index in [4.69, 9.17) is 9.15 Å². The fraction of sp³-hybridized carbons (Fsp3) is 0.167. The standard InChI is InChI=1S/C18H15NO5/c1-23-15(20)9-13(11-5-4-8-19-10-11)18-17(22)16(21)12-6-2-3-7-14(12)24-18/h2-8,10,13,22H,9H2,1H3. The van der Waals surface area contributed by atoms with E-state index in [1.54, 1.807) is 48.8 Å². The molecule has 2 aromatic heterocycles. The van der Waals surface area contributed by atoms with E-state index in [1.165, 1.54) is 7.11 Å². The molecule has 2 heterocycles. The quantitative estimate of drug-likeness (QED) is 0.742. The van der Waals surface area contributed by atoms with Gasteiger partial charge in [-0.2, -0.15) is 0 Å². The molecule has 3 aromatic rings. The number of methoxy groups -OCH3 is 1. The maximum Gasteiger partial charge on any atom is 0.306 e. The third kappa shape index (κ3) is 2.86. The van der Waals surface area contributed by atoms with E-state index >= 15 is 0 Å². The van der Waals surface area contributed by atoms with Gasteiger partial charge in [0, 0.05) is 12.4 Å². The van der Waals surface area contributed by atoms with Gasteiger partial charge in [0.15, 0.2) is 5.76 Å². The van der Waals surface area contributed by atoms with Gasteiger partial charge in [-0.15, -0.1) is 0 Å². The zero-order valence-corrected chi connectivity index (χ0v) is 12.9. The van der Waals surface area contributed by atoms with Crippen molar-refractivity contribution in [3.63, 3.8) is 0 Å². The lowest BCUT2D eigenvalue weighted by Crippen LogP contribution is -2.13. The van der Waals surface area contributed by atoms with Crippen molar-refractivity contribution >= 4 is 16.9 Å². The lowest BCUT2D eigenvalue weighted by molar-refractivity contribution is -0.140. The van der Waals surface area contributed by atoms with Crippen molar-refractivity contribution in [2.75, 3.05) is 7.11 Å². The molecule has 0 radical (unpaired) electrons. The van der Waals surface area contributed by atoms with Gasteiger partial charge in [-0.25, -0.2) is 0 Å². The zero-order valence-electron chi connectivity index (χ0n) is 12.9. The van der Waals surface area contributed by atoms with E-state index < -0.39 is 23.1 Å². The van der Waals surface area contributed by atoms with Crippen LogP contribution in [0.2, 0.25) is 0 Å². The number of benzene rings is 1. The number of rotatable bonds is 4. The van der Waals surface area contributed by atoms with Gasteiger partial charge in [0.2, 0.25) is 11.2 Å². The number of esters is 1. The maximum atomic E-state index is 12.4. The monoisotopic (exact) mass is 325 g/mol. The number of carbonyl (C=O) groups is 1. The van der Waals surface area contributed by atoms with Crippen LogP contribution in [0.5, 0.6) is 5.75 Å². The minimum atomic E-state index is -0.677. The molecule has 0 fully saturated rings. The summed E-state index contributed by atoms with van der Waals surface area (Å²) in [6, 6.07) is 10.1. The Kier molecular flexibility index (Phi) is 4.29. The summed E-state index contributed by atoms with van der Waals surface area (Å²) < 4.78 is 10.5. The zero-order chi connectivity index (χ0) is 17.1. The topological polar surface area (TPSA) is 89.6 Å². The smallest absolute Gasteiger partial charge is 0.306 e. The van der Waals surface area contributed by atoms with E-state index in [0.717, 1.165) is 0 Å². The van der Waals surface area contributed by atoms with Crippen molar-refractivity contribution in [3.05, 3.63) is 70.3 Å². The molecule has 0 aliphatic carbocycles. The summed E-state index contributed by atoms with van der Waals surface area (Å²) in [5.41, 5.74) is 0.441. The summed E-state index contributed by atoms with van der Waals surface area (Å²) in [6.45, 7) is 0. The molecule has 0 aliphatic heterocycles. The van der Waals surface area contributed by atoms with Gasteiger partial charge < -0.3 is 14.3 Å². The lowest BCUT2D eigenvalue weighted by atomic mass is 9.93. The molecule has 0 bridgehead atoms. The highest BCUT2D eigenvalue weighted by Crippen LogP contribution is 2.34. The van der Waals surface area contributed by atoms with Crippen LogP contribution in [0.4, 0.5) is 0 Å². The Morgan fingerprint density at radius 2 is 2.08 bits per heavy atom. The second-order valence-corrected chi connectivity index (χ2v) is 5.26. The van der Waals surface area contributed by atoms with Crippen molar-refractivity contribution in [1.29, 1.82) is 0 Å². The van der Waals surface area contributed by atoms with Crippen LogP contribution in [0.3, 0.4) is 0 Å². The molecule has 3 rings (SSSR count). The Labute approximate surface area is 137 Å². The molecule has 122 valence electrons. The summed E-state index contributed by atoms with van der Waals surface area (Å²) in [5.74, 6) is -1.65. The van der Waals surface area contributed by atoms with Gasteiger partial charge in [-0.3, -0.25) is 14.6 Å². The number of para-hydroxylation sites is 1. The van der Waals surface area contributed by atoms with Crippen molar-refractivity contribution in [1.82, 2.24) is 4.98 Å². The Bertz CT molecular complexity index is 933. The van der Waals surface area contributed by atoms with Crippen molar-refractivity contribution < 1.29 is 19.1 Å². The van der Waals surface area contributed by atoms with Gasteiger partial charge in [0.05, 0.1) is 24.8 Å². The molecule has 0 saturated heterocycles. The number of fused-ring (bicyclic) bond motifs is 1. The summed E-state index contributed by atoms with van der Waals surface area (Å²) in [4.78, 5) is 28.2. The average Bonchev–Trinajstić information content (AvgIpc) is 2.63. The number of hydrogen-bond acceptors (Lipinski definition) is 6. The minimum Gasteiger partial charge on any atom is -0.502 e. The first-order chi connectivity index (χ1) is 11.6. The number of nitrogens with zero attached hydrogens (tertiary/aromatic N) is 1. The summed E-state index contributed by atoms with van der Waals surface area (Å²) in [6.07, 6.45) is 3.06. The molecule has 1 N–H and O–H groups in total. The molecule has 0 aliphatic rings. The molecule has 1 aromatic carbocycles. The Hall–Kier alpha value is -3.15. The average molecular weight is 325 g/mol. The van der Waals surface area contributed by atoms with Crippen LogP contribution in [-0.2, 0) is 9.53 Å². The molecule has 1 atom stereocenters. The predicted molar refractivity (Wildman–Crippen MR) is 86.9 cm³/mol. The van der Waals surface area contributed by atoms with Crippen molar-refractivity contribution in [3.8, 4) is 5.75 Å². The van der Waals surface area contributed by atoms with Crippen LogP contribution in [0.15, 0.2) is 58.0 Å². The van der Waals surface area contributed by atoms with Gasteiger partial charge >= 0.3 is 5.97 Å². The van der Waals surface area contributed by atoms with Crippen molar-refractivity contribution in [2.24, 2.45) is 0 Å². The molecule has 1 unspecified atom stereocenters. The van der Waals surface area contributed by atoms with Gasteiger partial charge in [-0.05, 0) is 23.8 Å². The normalized spacial score (nSPS) is 12.0. The molecule has 6 nitrogen and oxygen atoms in total. The number of hydrogen-bond donors (Lipinski definition) is 1. The van der Waals surface area contributed by atoms with Crippen LogP contribution in [0, 0.1) is 0 Å². The van der Waals surface area contributed by atoms with Crippen LogP contribution < -0.4 is 5.43 Å². The fourth-order valence-electron chi connectivity index (χ4n) is 2.58. The first-order valence-corrected chi connectivity index (χ1v) is 7.33. The van der Waals surface area contributed by atoms with Gasteiger partial charge in [0.1, 0.15) is 5.58 Å². The second kappa shape index (κ2) is 6.54. The first-order valence-electron chi connectivity index (χ1n) is 7.33. The third-order valence-electron chi connectivity index (χ3n) is 3.80. The number of carbonyl (C=O) groups excluding carboxylic acids is 1. The van der Waals surface area contributed by atoms with Crippen molar-refractivity contribution in [2.45, 2.75) is 12.3 Å². The van der Waals surface area contributed by atoms with E-state index in [1.807, 2.05) is 0 Å². The Balaban J connectivity index is 2.21. The maximum absolute atomic E-state index is 12.4. The van der Waals surface area contributed by atoms with Gasteiger partial charge in [-0.1, -0.05) is 18.2 Å². The number of pyridine rings is 1. The van der Waals surface area contributed by atoms with Crippen LogP contribution >= 0.6 is 0 Å². The molecule has 0 spiro atoms. The molecule has 6 heteroatoms. The summed E-state index contributed by atoms with van der Waals surface area (Å²) in [7, 11) is 1.28.